The smallest absolute Gasteiger partial charge is 0.104 e. The van der Waals surface area contributed by atoms with Crippen molar-refractivity contribution in [3.8, 4) is 0 Å². The molecule has 2 nitrogen and oxygen atoms in total. The van der Waals surface area contributed by atoms with Gasteiger partial charge in [-0.1, -0.05) is 37.3 Å². The minimum Gasteiger partial charge on any atom is -0.312 e. The molecule has 0 amide bonds. The first kappa shape index (κ1) is 13.8. The Morgan fingerprint density at radius 3 is 2.65 bits per heavy atom. The first-order chi connectivity index (χ1) is 9.76. The fourth-order valence-electron chi connectivity index (χ4n) is 2.68. The third-order valence-electron chi connectivity index (χ3n) is 4.09. The monoisotopic (exact) mass is 286 g/mol. The molecule has 1 aromatic carbocycles. The molecule has 0 unspecified atom stereocenters. The minimum absolute atomic E-state index is 0.222. The number of benzene rings is 1. The second-order valence-corrected chi connectivity index (χ2v) is 6.74. The molecule has 1 fully saturated rings. The van der Waals surface area contributed by atoms with Gasteiger partial charge in [-0.15, -0.1) is 11.3 Å². The molecule has 20 heavy (non-hydrogen) atoms. The highest BCUT2D eigenvalue weighted by Gasteiger charge is 2.48. The summed E-state index contributed by atoms with van der Waals surface area (Å²) in [5.41, 5.74) is 2.86. The molecule has 0 radical (unpaired) electrons. The first-order valence-electron chi connectivity index (χ1n) is 7.49. The van der Waals surface area contributed by atoms with Crippen LogP contribution in [0.15, 0.2) is 30.3 Å². The molecule has 0 bridgehead atoms. The summed E-state index contributed by atoms with van der Waals surface area (Å²) < 4.78 is 0. The predicted octanol–water partition coefficient (Wildman–Crippen LogP) is 4.03. The normalized spacial score (nSPS) is 16.3. The number of aromatic nitrogens is 1. The summed E-state index contributed by atoms with van der Waals surface area (Å²) in [6.07, 6.45) is 3.66. The Balaban J connectivity index is 1.83. The summed E-state index contributed by atoms with van der Waals surface area (Å²) in [6.45, 7) is 6.38. The van der Waals surface area contributed by atoms with Crippen LogP contribution in [0, 0.1) is 6.92 Å². The second-order valence-electron chi connectivity index (χ2n) is 5.65. The van der Waals surface area contributed by atoms with Gasteiger partial charge in [-0.25, -0.2) is 4.98 Å². The van der Waals surface area contributed by atoms with E-state index in [2.05, 4.69) is 49.5 Å². The molecule has 1 aromatic heterocycles. The lowest BCUT2D eigenvalue weighted by molar-refractivity contribution is 0.678. The van der Waals surface area contributed by atoms with Crippen molar-refractivity contribution in [1.82, 2.24) is 10.3 Å². The molecule has 1 heterocycles. The van der Waals surface area contributed by atoms with Crippen LogP contribution in [0.2, 0.25) is 0 Å². The van der Waals surface area contributed by atoms with Gasteiger partial charge in [-0.2, -0.15) is 0 Å². The van der Waals surface area contributed by atoms with Crippen molar-refractivity contribution in [3.63, 3.8) is 0 Å². The van der Waals surface area contributed by atoms with Gasteiger partial charge < -0.3 is 5.32 Å². The van der Waals surface area contributed by atoms with Crippen LogP contribution in [0.25, 0.3) is 0 Å². The minimum atomic E-state index is 0.222. The number of hydrogen-bond donors (Lipinski definition) is 1. The van der Waals surface area contributed by atoms with E-state index in [9.17, 15) is 0 Å². The largest absolute Gasteiger partial charge is 0.312 e. The zero-order valence-corrected chi connectivity index (χ0v) is 13.1. The molecule has 3 rings (SSSR count). The summed E-state index contributed by atoms with van der Waals surface area (Å²) in [6, 6.07) is 10.9. The van der Waals surface area contributed by atoms with Gasteiger partial charge in [0.15, 0.2) is 0 Å². The van der Waals surface area contributed by atoms with Gasteiger partial charge in [0.25, 0.3) is 0 Å². The van der Waals surface area contributed by atoms with E-state index in [1.165, 1.54) is 40.4 Å². The fraction of sp³-hybridized carbons (Fsp3) is 0.471. The molecule has 0 atom stereocenters. The van der Waals surface area contributed by atoms with Gasteiger partial charge in [0.05, 0.1) is 5.69 Å². The molecule has 1 aliphatic rings. The van der Waals surface area contributed by atoms with Crippen molar-refractivity contribution < 1.29 is 0 Å². The second kappa shape index (κ2) is 5.66. The van der Waals surface area contributed by atoms with Crippen molar-refractivity contribution >= 4 is 11.3 Å². The van der Waals surface area contributed by atoms with Crippen LogP contribution in [-0.2, 0) is 12.0 Å². The number of thiazole rings is 1. The van der Waals surface area contributed by atoms with E-state index in [-0.39, 0.29) is 5.41 Å². The molecular weight excluding hydrogens is 264 g/mol. The summed E-state index contributed by atoms with van der Waals surface area (Å²) in [4.78, 5) is 6.28. The van der Waals surface area contributed by atoms with Gasteiger partial charge in [0.2, 0.25) is 0 Å². The fourth-order valence-corrected chi connectivity index (χ4v) is 3.98. The van der Waals surface area contributed by atoms with E-state index >= 15 is 0 Å². The zero-order valence-electron chi connectivity index (χ0n) is 12.3. The topological polar surface area (TPSA) is 24.9 Å². The van der Waals surface area contributed by atoms with E-state index < -0.39 is 0 Å². The molecule has 3 heteroatoms. The zero-order chi connectivity index (χ0) is 14.0. The van der Waals surface area contributed by atoms with E-state index in [1.807, 2.05) is 11.3 Å². The highest BCUT2D eigenvalue weighted by molar-refractivity contribution is 7.12. The Labute approximate surface area is 125 Å². The first-order valence-corrected chi connectivity index (χ1v) is 8.31. The molecule has 2 aromatic rings. The third-order valence-corrected chi connectivity index (χ3v) is 5.45. The maximum Gasteiger partial charge on any atom is 0.104 e. The molecule has 0 saturated heterocycles. The average molecular weight is 286 g/mol. The SMILES string of the molecule is CCCNCc1sc(C2(c3ccccc3)CC2)nc1C. The van der Waals surface area contributed by atoms with Crippen LogP contribution in [-0.4, -0.2) is 11.5 Å². The third kappa shape index (κ3) is 2.52. The van der Waals surface area contributed by atoms with E-state index in [4.69, 9.17) is 4.98 Å². The van der Waals surface area contributed by atoms with Crippen LogP contribution in [0.3, 0.4) is 0 Å². The van der Waals surface area contributed by atoms with Crippen LogP contribution in [0.1, 0.15) is 47.3 Å². The van der Waals surface area contributed by atoms with Crippen LogP contribution >= 0.6 is 11.3 Å². The number of hydrogen-bond acceptors (Lipinski definition) is 3. The Bertz CT molecular complexity index is 570. The number of rotatable bonds is 6. The average Bonchev–Trinajstić information content (AvgIpc) is 3.21. The predicted molar refractivity (Wildman–Crippen MR) is 85.3 cm³/mol. The highest BCUT2D eigenvalue weighted by Crippen LogP contribution is 2.54. The summed E-state index contributed by atoms with van der Waals surface area (Å²) in [5.74, 6) is 0. The Kier molecular flexibility index (Phi) is 3.90. The molecule has 106 valence electrons. The molecule has 1 aliphatic carbocycles. The lowest BCUT2D eigenvalue weighted by Gasteiger charge is -2.12. The number of aryl methyl sites for hydroxylation is 1. The van der Waals surface area contributed by atoms with Crippen molar-refractivity contribution in [1.29, 1.82) is 0 Å². The molecule has 1 saturated carbocycles. The van der Waals surface area contributed by atoms with E-state index in [1.54, 1.807) is 0 Å². The molecular formula is C17H22N2S. The maximum atomic E-state index is 4.88. The molecule has 0 aliphatic heterocycles. The van der Waals surface area contributed by atoms with Gasteiger partial charge >= 0.3 is 0 Å². The Hall–Kier alpha value is -1.19. The summed E-state index contributed by atoms with van der Waals surface area (Å²) >= 11 is 1.90. The summed E-state index contributed by atoms with van der Waals surface area (Å²) in [5, 5.41) is 4.80. The van der Waals surface area contributed by atoms with Crippen LogP contribution in [0.4, 0.5) is 0 Å². The van der Waals surface area contributed by atoms with E-state index in [0.717, 1.165) is 13.1 Å². The lowest BCUT2D eigenvalue weighted by Crippen LogP contribution is -2.13. The molecule has 0 spiro atoms. The standard InChI is InChI=1S/C17H22N2S/c1-3-11-18-12-15-13(2)19-16(20-15)17(9-10-17)14-7-5-4-6-8-14/h4-8,18H,3,9-12H2,1-2H3. The highest BCUT2D eigenvalue weighted by atomic mass is 32.1. The maximum absolute atomic E-state index is 4.88. The van der Waals surface area contributed by atoms with Crippen LogP contribution < -0.4 is 5.32 Å². The van der Waals surface area contributed by atoms with Crippen LogP contribution in [0.5, 0.6) is 0 Å². The van der Waals surface area contributed by atoms with Gasteiger partial charge in [0, 0.05) is 16.8 Å². The Morgan fingerprint density at radius 1 is 1.25 bits per heavy atom. The van der Waals surface area contributed by atoms with Crippen molar-refractivity contribution in [3.05, 3.63) is 51.5 Å². The van der Waals surface area contributed by atoms with Gasteiger partial charge in [-0.3, -0.25) is 0 Å². The quantitative estimate of drug-likeness (QED) is 0.811. The number of nitrogens with zero attached hydrogens (tertiary/aromatic N) is 1. The van der Waals surface area contributed by atoms with E-state index in [0.29, 0.717) is 0 Å². The summed E-state index contributed by atoms with van der Waals surface area (Å²) in [7, 11) is 0. The molecule has 1 N–H and O–H groups in total. The van der Waals surface area contributed by atoms with Gasteiger partial charge in [0.1, 0.15) is 5.01 Å². The van der Waals surface area contributed by atoms with Gasteiger partial charge in [-0.05, 0) is 38.3 Å². The Morgan fingerprint density at radius 2 is 2.00 bits per heavy atom. The van der Waals surface area contributed by atoms with Crippen molar-refractivity contribution in [2.45, 2.75) is 45.1 Å². The lowest BCUT2D eigenvalue weighted by atomic mass is 9.97. The van der Waals surface area contributed by atoms with Crippen molar-refractivity contribution in [2.24, 2.45) is 0 Å². The number of nitrogens with one attached hydrogen (secondary N) is 1. The van der Waals surface area contributed by atoms with Crippen molar-refractivity contribution in [2.75, 3.05) is 6.54 Å².